The molecule has 2 aromatic rings. The second kappa shape index (κ2) is 7.18. The number of aldehydes is 1. The van der Waals surface area contributed by atoms with E-state index < -0.39 is 0 Å². The third kappa shape index (κ3) is 3.58. The highest BCUT2D eigenvalue weighted by Crippen LogP contribution is 2.23. The highest BCUT2D eigenvalue weighted by Gasteiger charge is 2.17. The zero-order valence-electron chi connectivity index (χ0n) is 13.0. The van der Waals surface area contributed by atoms with E-state index in [1.165, 1.54) is 0 Å². The molecule has 1 heterocycles. The topological polar surface area (TPSA) is 38.1 Å². The summed E-state index contributed by atoms with van der Waals surface area (Å²) in [4.78, 5) is 18.0. The lowest BCUT2D eigenvalue weighted by Gasteiger charge is -2.15. The number of carbonyl (C=O) groups is 1. The van der Waals surface area contributed by atoms with E-state index in [0.717, 1.165) is 49.3 Å². The van der Waals surface area contributed by atoms with Gasteiger partial charge in [0, 0.05) is 18.7 Å². The van der Waals surface area contributed by atoms with Gasteiger partial charge in [0.05, 0.1) is 5.69 Å². The van der Waals surface area contributed by atoms with Crippen LogP contribution < -0.4 is 0 Å². The van der Waals surface area contributed by atoms with Gasteiger partial charge in [-0.05, 0) is 20.5 Å². The molecule has 0 saturated carbocycles. The predicted octanol–water partition coefficient (Wildman–Crippen LogP) is 3.22. The lowest BCUT2D eigenvalue weighted by Crippen LogP contribution is -2.16. The number of hydrogen-bond acceptors (Lipinski definition) is 3. The van der Waals surface area contributed by atoms with Gasteiger partial charge in [-0.15, -0.1) is 0 Å². The van der Waals surface area contributed by atoms with E-state index in [2.05, 4.69) is 21.4 Å². The van der Waals surface area contributed by atoms with Crippen LogP contribution in [-0.2, 0) is 13.1 Å². The SMILES string of the molecule is CCCCn1c(-c2ccccc2)nc(C=O)c1CN(C)C. The van der Waals surface area contributed by atoms with Crippen LogP contribution in [0.2, 0.25) is 0 Å². The molecular formula is C17H23N3O. The molecule has 0 aliphatic carbocycles. The molecule has 112 valence electrons. The summed E-state index contributed by atoms with van der Waals surface area (Å²) in [5, 5.41) is 0. The zero-order chi connectivity index (χ0) is 15.2. The molecule has 0 spiro atoms. The van der Waals surface area contributed by atoms with Crippen LogP contribution in [0.5, 0.6) is 0 Å². The van der Waals surface area contributed by atoms with E-state index >= 15 is 0 Å². The van der Waals surface area contributed by atoms with E-state index in [9.17, 15) is 4.79 Å². The molecular weight excluding hydrogens is 262 g/mol. The van der Waals surface area contributed by atoms with Gasteiger partial charge in [0.15, 0.2) is 6.29 Å². The van der Waals surface area contributed by atoms with E-state index in [1.54, 1.807) is 0 Å². The minimum absolute atomic E-state index is 0.554. The number of rotatable bonds is 7. The van der Waals surface area contributed by atoms with Crippen LogP contribution in [0.25, 0.3) is 11.4 Å². The average Bonchev–Trinajstić information content (AvgIpc) is 2.83. The smallest absolute Gasteiger partial charge is 0.170 e. The Balaban J connectivity index is 2.52. The van der Waals surface area contributed by atoms with Crippen LogP contribution in [-0.4, -0.2) is 34.8 Å². The summed E-state index contributed by atoms with van der Waals surface area (Å²) >= 11 is 0. The molecule has 0 fully saturated rings. The molecule has 1 aromatic carbocycles. The van der Waals surface area contributed by atoms with E-state index in [1.807, 2.05) is 44.4 Å². The van der Waals surface area contributed by atoms with Crippen molar-refractivity contribution in [2.24, 2.45) is 0 Å². The molecule has 4 heteroatoms. The van der Waals surface area contributed by atoms with Gasteiger partial charge in [-0.2, -0.15) is 0 Å². The molecule has 0 amide bonds. The fourth-order valence-corrected chi connectivity index (χ4v) is 2.43. The number of unbranched alkanes of at least 4 members (excludes halogenated alkanes) is 1. The highest BCUT2D eigenvalue weighted by molar-refractivity contribution is 5.76. The Morgan fingerprint density at radius 1 is 1.24 bits per heavy atom. The Morgan fingerprint density at radius 2 is 1.95 bits per heavy atom. The van der Waals surface area contributed by atoms with Crippen LogP contribution in [0.4, 0.5) is 0 Å². The van der Waals surface area contributed by atoms with Gasteiger partial charge in [0.2, 0.25) is 0 Å². The van der Waals surface area contributed by atoms with Crippen LogP contribution in [0, 0.1) is 0 Å². The molecule has 0 aliphatic rings. The first-order valence-corrected chi connectivity index (χ1v) is 7.42. The second-order valence-corrected chi connectivity index (χ2v) is 5.49. The van der Waals surface area contributed by atoms with Gasteiger partial charge < -0.3 is 9.47 Å². The van der Waals surface area contributed by atoms with Crippen molar-refractivity contribution in [3.05, 3.63) is 41.7 Å². The van der Waals surface area contributed by atoms with E-state index in [0.29, 0.717) is 5.69 Å². The van der Waals surface area contributed by atoms with E-state index in [4.69, 9.17) is 0 Å². The Kier molecular flexibility index (Phi) is 5.28. The Labute approximate surface area is 126 Å². The summed E-state index contributed by atoms with van der Waals surface area (Å²) in [6.07, 6.45) is 3.06. The van der Waals surface area contributed by atoms with Gasteiger partial charge in [-0.25, -0.2) is 4.98 Å². The van der Waals surface area contributed by atoms with Gasteiger partial charge >= 0.3 is 0 Å². The maximum Gasteiger partial charge on any atom is 0.170 e. The van der Waals surface area contributed by atoms with Crippen LogP contribution in [0.3, 0.4) is 0 Å². The molecule has 0 unspecified atom stereocenters. The van der Waals surface area contributed by atoms with Gasteiger partial charge in [0.25, 0.3) is 0 Å². The van der Waals surface area contributed by atoms with Crippen molar-refractivity contribution in [3.63, 3.8) is 0 Å². The first kappa shape index (κ1) is 15.4. The summed E-state index contributed by atoms with van der Waals surface area (Å²) in [5.41, 5.74) is 2.61. The summed E-state index contributed by atoms with van der Waals surface area (Å²) in [5.74, 6) is 0.892. The zero-order valence-corrected chi connectivity index (χ0v) is 13.0. The molecule has 2 rings (SSSR count). The number of benzene rings is 1. The Bertz CT molecular complexity index is 588. The first-order chi connectivity index (χ1) is 10.2. The van der Waals surface area contributed by atoms with Gasteiger partial charge in [0.1, 0.15) is 11.5 Å². The van der Waals surface area contributed by atoms with Crippen LogP contribution in [0.1, 0.15) is 35.9 Å². The molecule has 4 nitrogen and oxygen atoms in total. The fraction of sp³-hybridized carbons (Fsp3) is 0.412. The molecule has 21 heavy (non-hydrogen) atoms. The number of carbonyl (C=O) groups excluding carboxylic acids is 1. The van der Waals surface area contributed by atoms with Crippen LogP contribution >= 0.6 is 0 Å². The van der Waals surface area contributed by atoms with Crippen LogP contribution in [0.15, 0.2) is 30.3 Å². The van der Waals surface area contributed by atoms with Crippen molar-refractivity contribution in [1.82, 2.24) is 14.5 Å². The Hall–Kier alpha value is -1.94. The quantitative estimate of drug-likeness (QED) is 0.733. The maximum atomic E-state index is 11.4. The summed E-state index contributed by atoms with van der Waals surface area (Å²) in [6, 6.07) is 10.1. The molecule has 0 saturated heterocycles. The molecule has 1 aromatic heterocycles. The van der Waals surface area contributed by atoms with Crippen molar-refractivity contribution in [2.75, 3.05) is 14.1 Å². The van der Waals surface area contributed by atoms with Gasteiger partial charge in [-0.3, -0.25) is 4.79 Å². The largest absolute Gasteiger partial charge is 0.326 e. The second-order valence-electron chi connectivity index (χ2n) is 5.49. The number of aromatic nitrogens is 2. The Morgan fingerprint density at radius 3 is 2.52 bits per heavy atom. The van der Waals surface area contributed by atoms with Gasteiger partial charge in [-0.1, -0.05) is 43.7 Å². The standard InChI is InChI=1S/C17H23N3O/c1-4-5-11-20-16(12-19(2)3)15(13-21)18-17(20)14-9-7-6-8-10-14/h6-10,13H,4-5,11-12H2,1-3H3. The lowest BCUT2D eigenvalue weighted by atomic mass is 10.2. The molecule has 0 radical (unpaired) electrons. The average molecular weight is 285 g/mol. The highest BCUT2D eigenvalue weighted by atomic mass is 16.1. The molecule has 0 N–H and O–H groups in total. The summed E-state index contributed by atoms with van der Waals surface area (Å²) < 4.78 is 2.20. The molecule has 0 bridgehead atoms. The van der Waals surface area contributed by atoms with Crippen molar-refractivity contribution in [1.29, 1.82) is 0 Å². The summed E-state index contributed by atoms with van der Waals surface area (Å²) in [7, 11) is 4.02. The predicted molar refractivity (Wildman–Crippen MR) is 85.3 cm³/mol. The third-order valence-corrected chi connectivity index (χ3v) is 3.45. The lowest BCUT2D eigenvalue weighted by molar-refractivity contribution is 0.111. The number of imidazole rings is 1. The van der Waals surface area contributed by atoms with Crippen molar-refractivity contribution in [2.45, 2.75) is 32.9 Å². The minimum atomic E-state index is 0.554. The monoisotopic (exact) mass is 285 g/mol. The maximum absolute atomic E-state index is 11.4. The number of nitrogens with zero attached hydrogens (tertiary/aromatic N) is 3. The van der Waals surface area contributed by atoms with Crippen molar-refractivity contribution < 1.29 is 4.79 Å². The minimum Gasteiger partial charge on any atom is -0.326 e. The normalized spacial score (nSPS) is 11.0. The van der Waals surface area contributed by atoms with Crippen molar-refractivity contribution >= 4 is 6.29 Å². The summed E-state index contributed by atoms with van der Waals surface area (Å²) in [6.45, 7) is 3.79. The van der Waals surface area contributed by atoms with E-state index in [-0.39, 0.29) is 0 Å². The van der Waals surface area contributed by atoms with Crippen molar-refractivity contribution in [3.8, 4) is 11.4 Å². The molecule has 0 aliphatic heterocycles. The number of hydrogen-bond donors (Lipinski definition) is 0. The molecule has 0 atom stereocenters. The third-order valence-electron chi connectivity index (χ3n) is 3.45. The fourth-order valence-electron chi connectivity index (χ4n) is 2.43. The first-order valence-electron chi connectivity index (χ1n) is 7.42.